The Labute approximate surface area is 161 Å². The van der Waals surface area contributed by atoms with E-state index in [-0.39, 0.29) is 5.75 Å². The highest BCUT2D eigenvalue weighted by Crippen LogP contribution is 2.44. The van der Waals surface area contributed by atoms with Crippen molar-refractivity contribution in [2.75, 3.05) is 0 Å². The standard InChI is InChI=1S/C22H24F3NO2/c1-3-20(2,16-8-10-18(27)11-9-16)14-21(28,22(23,24)25)13-17-12-15-6-4-5-7-19(15)26-17/h4-12,26-28H,3,13-14H2,1-2H3/t20-,21?/m0/s1. The third-order valence-corrected chi connectivity index (χ3v) is 5.62. The molecule has 6 heteroatoms. The molecule has 1 unspecified atom stereocenters. The Balaban J connectivity index is 1.97. The van der Waals surface area contributed by atoms with Crippen LogP contribution in [0.4, 0.5) is 13.2 Å². The van der Waals surface area contributed by atoms with Crippen LogP contribution in [0.25, 0.3) is 10.9 Å². The van der Waals surface area contributed by atoms with Gasteiger partial charge in [-0.25, -0.2) is 0 Å². The number of aromatic amines is 1. The van der Waals surface area contributed by atoms with Crippen molar-refractivity contribution in [3.8, 4) is 5.75 Å². The van der Waals surface area contributed by atoms with Crippen molar-refractivity contribution in [1.29, 1.82) is 0 Å². The predicted molar refractivity (Wildman–Crippen MR) is 103 cm³/mol. The molecule has 3 nitrogen and oxygen atoms in total. The van der Waals surface area contributed by atoms with Crippen LogP contribution in [0.3, 0.4) is 0 Å². The van der Waals surface area contributed by atoms with Crippen LogP contribution in [0.5, 0.6) is 5.75 Å². The van der Waals surface area contributed by atoms with Crippen molar-refractivity contribution in [2.24, 2.45) is 0 Å². The number of H-pyrrole nitrogens is 1. The molecule has 28 heavy (non-hydrogen) atoms. The van der Waals surface area contributed by atoms with Gasteiger partial charge in [-0.2, -0.15) is 13.2 Å². The van der Waals surface area contributed by atoms with Gasteiger partial charge in [-0.3, -0.25) is 0 Å². The number of fused-ring (bicyclic) bond motifs is 1. The van der Waals surface area contributed by atoms with Gasteiger partial charge in [0, 0.05) is 17.6 Å². The predicted octanol–water partition coefficient (Wildman–Crippen LogP) is 5.47. The molecule has 2 aromatic carbocycles. The van der Waals surface area contributed by atoms with Gasteiger partial charge in [-0.05, 0) is 53.5 Å². The van der Waals surface area contributed by atoms with E-state index in [0.717, 1.165) is 10.9 Å². The lowest BCUT2D eigenvalue weighted by molar-refractivity contribution is -0.267. The van der Waals surface area contributed by atoms with Crippen molar-refractivity contribution in [3.05, 3.63) is 65.9 Å². The normalized spacial score (nSPS) is 16.6. The summed E-state index contributed by atoms with van der Waals surface area (Å²) in [6, 6.07) is 15.0. The maximum Gasteiger partial charge on any atom is 0.417 e. The van der Waals surface area contributed by atoms with Gasteiger partial charge in [-0.15, -0.1) is 0 Å². The fourth-order valence-corrected chi connectivity index (χ4v) is 3.75. The number of para-hydroxylation sites is 1. The summed E-state index contributed by atoms with van der Waals surface area (Å²) in [4.78, 5) is 2.98. The zero-order valence-corrected chi connectivity index (χ0v) is 15.8. The SMILES string of the molecule is CC[C@@](C)(CC(O)(Cc1cc2ccccc2[nH]1)C(F)(F)F)c1ccc(O)cc1. The van der Waals surface area contributed by atoms with E-state index in [1.165, 1.54) is 12.1 Å². The van der Waals surface area contributed by atoms with E-state index in [9.17, 15) is 23.4 Å². The molecule has 2 atom stereocenters. The Bertz CT molecular complexity index is 915. The summed E-state index contributed by atoms with van der Waals surface area (Å²) in [5.41, 5.74) is -2.09. The smallest absolute Gasteiger partial charge is 0.417 e. The van der Waals surface area contributed by atoms with Crippen molar-refractivity contribution < 1.29 is 23.4 Å². The molecule has 0 bridgehead atoms. The molecule has 0 amide bonds. The van der Waals surface area contributed by atoms with Crippen LogP contribution in [0.15, 0.2) is 54.6 Å². The Kier molecular flexibility index (Phi) is 5.19. The minimum Gasteiger partial charge on any atom is -0.508 e. The summed E-state index contributed by atoms with van der Waals surface area (Å²) in [6.07, 6.45) is -5.43. The van der Waals surface area contributed by atoms with E-state index in [4.69, 9.17) is 0 Å². The van der Waals surface area contributed by atoms with Gasteiger partial charge in [0.05, 0.1) is 0 Å². The van der Waals surface area contributed by atoms with E-state index in [2.05, 4.69) is 4.98 Å². The first-order valence-corrected chi connectivity index (χ1v) is 9.22. The van der Waals surface area contributed by atoms with Crippen LogP contribution in [0.1, 0.15) is 37.9 Å². The fraction of sp³-hybridized carbons (Fsp3) is 0.364. The highest BCUT2D eigenvalue weighted by Gasteiger charge is 2.56. The number of hydrogen-bond acceptors (Lipinski definition) is 2. The lowest BCUT2D eigenvalue weighted by Crippen LogP contribution is -2.51. The Morgan fingerprint density at radius 2 is 1.64 bits per heavy atom. The van der Waals surface area contributed by atoms with Gasteiger partial charge in [-0.1, -0.05) is 44.2 Å². The van der Waals surface area contributed by atoms with Crippen LogP contribution in [0.2, 0.25) is 0 Å². The van der Waals surface area contributed by atoms with Crippen LogP contribution in [0, 0.1) is 0 Å². The summed E-state index contributed by atoms with van der Waals surface area (Å²) in [6.45, 7) is 3.51. The molecule has 3 rings (SSSR count). The number of aliphatic hydroxyl groups is 1. The molecule has 0 aliphatic heterocycles. The molecule has 3 aromatic rings. The van der Waals surface area contributed by atoms with E-state index < -0.39 is 30.0 Å². The Hall–Kier alpha value is -2.47. The maximum absolute atomic E-state index is 14.0. The second-order valence-corrected chi connectivity index (χ2v) is 7.73. The van der Waals surface area contributed by atoms with Crippen molar-refractivity contribution in [3.63, 3.8) is 0 Å². The second kappa shape index (κ2) is 7.17. The van der Waals surface area contributed by atoms with Gasteiger partial charge >= 0.3 is 6.18 Å². The van der Waals surface area contributed by atoms with Crippen LogP contribution in [-0.2, 0) is 11.8 Å². The molecule has 1 aromatic heterocycles. The highest BCUT2D eigenvalue weighted by atomic mass is 19.4. The molecule has 0 aliphatic rings. The second-order valence-electron chi connectivity index (χ2n) is 7.73. The number of halogens is 3. The average molecular weight is 391 g/mol. The maximum atomic E-state index is 14.0. The number of nitrogens with one attached hydrogen (secondary N) is 1. The molecule has 1 heterocycles. The quantitative estimate of drug-likeness (QED) is 0.522. The zero-order valence-electron chi connectivity index (χ0n) is 15.8. The van der Waals surface area contributed by atoms with Crippen LogP contribution < -0.4 is 0 Å². The van der Waals surface area contributed by atoms with Gasteiger partial charge in [0.1, 0.15) is 5.75 Å². The lowest BCUT2D eigenvalue weighted by Gasteiger charge is -2.39. The van der Waals surface area contributed by atoms with Crippen molar-refractivity contribution >= 4 is 10.9 Å². The number of phenolic OH excluding ortho intramolecular Hbond substituents is 1. The number of benzene rings is 2. The van der Waals surface area contributed by atoms with E-state index in [0.29, 0.717) is 17.7 Å². The fourth-order valence-electron chi connectivity index (χ4n) is 3.75. The van der Waals surface area contributed by atoms with Crippen molar-refractivity contribution in [1.82, 2.24) is 4.98 Å². The van der Waals surface area contributed by atoms with E-state index >= 15 is 0 Å². The minimum atomic E-state index is -4.79. The number of hydrogen-bond donors (Lipinski definition) is 3. The van der Waals surface area contributed by atoms with Crippen molar-refractivity contribution in [2.45, 2.75) is 50.3 Å². The molecular formula is C22H24F3NO2. The van der Waals surface area contributed by atoms with Gasteiger partial charge in [0.25, 0.3) is 0 Å². The summed E-state index contributed by atoms with van der Waals surface area (Å²) in [5.74, 6) is 0.0476. The number of aromatic hydroxyl groups is 1. The third kappa shape index (κ3) is 3.87. The first-order chi connectivity index (χ1) is 13.1. The molecular weight excluding hydrogens is 367 g/mol. The summed E-state index contributed by atoms with van der Waals surface area (Å²) in [5, 5.41) is 21.1. The van der Waals surface area contributed by atoms with E-state index in [1.54, 1.807) is 44.2 Å². The first kappa shape index (κ1) is 20.3. The largest absolute Gasteiger partial charge is 0.508 e. The number of aromatic nitrogens is 1. The number of alkyl halides is 3. The molecule has 0 aliphatic carbocycles. The van der Waals surface area contributed by atoms with Gasteiger partial charge < -0.3 is 15.2 Å². The molecule has 0 spiro atoms. The molecule has 3 N–H and O–H groups in total. The lowest BCUT2D eigenvalue weighted by atomic mass is 9.70. The minimum absolute atomic E-state index is 0.0476. The summed E-state index contributed by atoms with van der Waals surface area (Å²) < 4.78 is 42.0. The molecule has 0 saturated carbocycles. The van der Waals surface area contributed by atoms with Crippen LogP contribution >= 0.6 is 0 Å². The van der Waals surface area contributed by atoms with Gasteiger partial charge in [0.15, 0.2) is 5.60 Å². The molecule has 150 valence electrons. The molecule has 0 fully saturated rings. The molecule has 0 radical (unpaired) electrons. The topological polar surface area (TPSA) is 56.2 Å². The summed E-state index contributed by atoms with van der Waals surface area (Å²) in [7, 11) is 0. The number of phenols is 1. The Morgan fingerprint density at radius 1 is 1.00 bits per heavy atom. The monoisotopic (exact) mass is 391 g/mol. The molecule has 0 saturated heterocycles. The van der Waals surface area contributed by atoms with E-state index in [1.807, 2.05) is 12.1 Å². The highest BCUT2D eigenvalue weighted by molar-refractivity contribution is 5.80. The zero-order chi connectivity index (χ0) is 20.6. The van der Waals surface area contributed by atoms with Crippen LogP contribution in [-0.4, -0.2) is 27.0 Å². The third-order valence-electron chi connectivity index (χ3n) is 5.62. The van der Waals surface area contributed by atoms with Gasteiger partial charge in [0.2, 0.25) is 0 Å². The average Bonchev–Trinajstić information content (AvgIpc) is 3.03. The first-order valence-electron chi connectivity index (χ1n) is 9.22. The number of rotatable bonds is 6. The summed E-state index contributed by atoms with van der Waals surface area (Å²) >= 11 is 0. The Morgan fingerprint density at radius 3 is 2.21 bits per heavy atom.